The molecule has 0 aromatic heterocycles. The van der Waals surface area contributed by atoms with Crippen LogP contribution in [0.3, 0.4) is 0 Å². The van der Waals surface area contributed by atoms with Gasteiger partial charge < -0.3 is 10.4 Å². The number of nitrogens with zero attached hydrogens (tertiary/aromatic N) is 1. The summed E-state index contributed by atoms with van der Waals surface area (Å²) in [6, 6.07) is 3.26. The Morgan fingerprint density at radius 3 is 2.24 bits per heavy atom. The second-order valence-corrected chi connectivity index (χ2v) is 7.35. The molecule has 5 nitrogen and oxygen atoms in total. The molecule has 0 spiro atoms. The molecule has 0 saturated heterocycles. The number of anilines is 1. The van der Waals surface area contributed by atoms with E-state index in [9.17, 15) is 13.5 Å². The van der Waals surface area contributed by atoms with Gasteiger partial charge in [-0.05, 0) is 50.5 Å². The van der Waals surface area contributed by atoms with Gasteiger partial charge >= 0.3 is 0 Å². The fraction of sp³-hybridized carbons (Fsp3) is 0.600. The maximum Gasteiger partial charge on any atom is 0.243 e. The van der Waals surface area contributed by atoms with E-state index in [4.69, 9.17) is 0 Å². The number of aliphatic hydroxyl groups excluding tert-OH is 1. The van der Waals surface area contributed by atoms with Crippen molar-refractivity contribution in [1.29, 1.82) is 0 Å². The number of sulfonamides is 1. The highest BCUT2D eigenvalue weighted by Crippen LogP contribution is 2.27. The number of aliphatic hydroxyl groups is 1. The predicted octanol–water partition coefficient (Wildman–Crippen LogP) is 2.13. The summed E-state index contributed by atoms with van der Waals surface area (Å²) in [4.78, 5) is 0.326. The average Bonchev–Trinajstić information content (AvgIpc) is 2.42. The Hall–Kier alpha value is -1.11. The molecule has 21 heavy (non-hydrogen) atoms. The third-order valence-corrected chi connectivity index (χ3v) is 5.84. The molecule has 0 bridgehead atoms. The van der Waals surface area contributed by atoms with Crippen LogP contribution in [-0.2, 0) is 10.0 Å². The van der Waals surface area contributed by atoms with Gasteiger partial charge in [0.25, 0.3) is 0 Å². The van der Waals surface area contributed by atoms with E-state index in [0.717, 1.165) is 18.7 Å². The van der Waals surface area contributed by atoms with Crippen molar-refractivity contribution in [3.63, 3.8) is 0 Å². The highest BCUT2D eigenvalue weighted by molar-refractivity contribution is 7.89. The summed E-state index contributed by atoms with van der Waals surface area (Å²) in [6.45, 7) is 8.01. The van der Waals surface area contributed by atoms with Crippen LogP contribution in [0.4, 0.5) is 5.69 Å². The fourth-order valence-electron chi connectivity index (χ4n) is 2.22. The second kappa shape index (κ2) is 7.24. The minimum atomic E-state index is -3.60. The molecule has 0 heterocycles. The molecule has 0 aliphatic rings. The number of hydrogen-bond acceptors (Lipinski definition) is 4. The van der Waals surface area contributed by atoms with Gasteiger partial charge in [-0.25, -0.2) is 8.42 Å². The van der Waals surface area contributed by atoms with E-state index in [1.54, 1.807) is 20.8 Å². The van der Waals surface area contributed by atoms with Crippen LogP contribution in [0.5, 0.6) is 0 Å². The summed E-state index contributed by atoms with van der Waals surface area (Å²) in [5, 5.41) is 12.4. The van der Waals surface area contributed by atoms with Gasteiger partial charge in [0.05, 0.1) is 11.5 Å². The summed E-state index contributed by atoms with van der Waals surface area (Å²) in [5.74, 6) is 0. The van der Waals surface area contributed by atoms with Gasteiger partial charge in [-0.1, -0.05) is 6.92 Å². The van der Waals surface area contributed by atoms with Crippen molar-refractivity contribution in [3.8, 4) is 0 Å². The van der Waals surface area contributed by atoms with Crippen molar-refractivity contribution >= 4 is 15.7 Å². The normalized spacial score (nSPS) is 13.5. The maximum atomic E-state index is 12.7. The van der Waals surface area contributed by atoms with E-state index >= 15 is 0 Å². The summed E-state index contributed by atoms with van der Waals surface area (Å²) in [5.41, 5.74) is 2.36. The van der Waals surface area contributed by atoms with E-state index in [1.165, 1.54) is 11.4 Å². The molecule has 0 fully saturated rings. The standard InChI is InChI=1S/C15H26N2O3S/c1-6-7-16-14-8-11(2)15(12(3)9-14)21(19,20)17(5)13(4)10-18/h8-9,13,16,18H,6-7,10H2,1-5H3. The summed E-state index contributed by atoms with van der Waals surface area (Å²) in [6.07, 6.45) is 1.01. The molecule has 2 N–H and O–H groups in total. The number of nitrogens with one attached hydrogen (secondary N) is 1. The van der Waals surface area contributed by atoms with Crippen LogP contribution in [0.25, 0.3) is 0 Å². The lowest BCUT2D eigenvalue weighted by Gasteiger charge is -2.25. The highest BCUT2D eigenvalue weighted by Gasteiger charge is 2.28. The van der Waals surface area contributed by atoms with Crippen LogP contribution in [0.15, 0.2) is 17.0 Å². The zero-order valence-electron chi connectivity index (χ0n) is 13.5. The Kier molecular flexibility index (Phi) is 6.19. The molecule has 1 unspecified atom stereocenters. The zero-order valence-corrected chi connectivity index (χ0v) is 14.3. The van der Waals surface area contributed by atoms with Crippen LogP contribution in [0.2, 0.25) is 0 Å². The molecular weight excluding hydrogens is 288 g/mol. The van der Waals surface area contributed by atoms with Crippen molar-refractivity contribution in [1.82, 2.24) is 4.31 Å². The fourth-order valence-corrected chi connectivity index (χ4v) is 3.98. The lowest BCUT2D eigenvalue weighted by molar-refractivity contribution is 0.213. The first-order valence-corrected chi connectivity index (χ1v) is 8.63. The van der Waals surface area contributed by atoms with E-state index in [2.05, 4.69) is 12.2 Å². The molecule has 1 aromatic carbocycles. The Balaban J connectivity index is 3.25. The van der Waals surface area contributed by atoms with Gasteiger partial charge in [0.2, 0.25) is 10.0 Å². The molecule has 0 radical (unpaired) electrons. The molecule has 1 aromatic rings. The zero-order chi connectivity index (χ0) is 16.2. The van der Waals surface area contributed by atoms with Crippen LogP contribution in [-0.4, -0.2) is 44.1 Å². The molecule has 0 aliphatic heterocycles. The van der Waals surface area contributed by atoms with Gasteiger partial charge in [0.15, 0.2) is 0 Å². The SMILES string of the molecule is CCCNc1cc(C)c(S(=O)(=O)N(C)C(C)CO)c(C)c1. The van der Waals surface area contributed by atoms with Gasteiger partial charge in [-0.2, -0.15) is 4.31 Å². The third kappa shape index (κ3) is 3.96. The number of benzene rings is 1. The van der Waals surface area contributed by atoms with E-state index in [1.807, 2.05) is 12.1 Å². The average molecular weight is 314 g/mol. The minimum Gasteiger partial charge on any atom is -0.395 e. The van der Waals surface area contributed by atoms with Crippen molar-refractivity contribution in [2.45, 2.75) is 45.1 Å². The Labute approximate surface area is 128 Å². The van der Waals surface area contributed by atoms with Crippen molar-refractivity contribution in [2.24, 2.45) is 0 Å². The molecule has 0 saturated carbocycles. The maximum absolute atomic E-state index is 12.7. The number of hydrogen-bond donors (Lipinski definition) is 2. The van der Waals surface area contributed by atoms with Crippen LogP contribution in [0.1, 0.15) is 31.4 Å². The first kappa shape index (κ1) is 17.9. The van der Waals surface area contributed by atoms with Crippen LogP contribution in [0, 0.1) is 13.8 Å². The largest absolute Gasteiger partial charge is 0.395 e. The molecule has 0 aliphatic carbocycles. The molecule has 6 heteroatoms. The minimum absolute atomic E-state index is 0.204. The monoisotopic (exact) mass is 314 g/mol. The van der Waals surface area contributed by atoms with Gasteiger partial charge in [-0.3, -0.25) is 0 Å². The quantitative estimate of drug-likeness (QED) is 0.809. The molecular formula is C15H26N2O3S. The van der Waals surface area contributed by atoms with Gasteiger partial charge in [-0.15, -0.1) is 0 Å². The number of rotatable bonds is 7. The van der Waals surface area contributed by atoms with E-state index in [-0.39, 0.29) is 6.61 Å². The first-order chi connectivity index (χ1) is 9.75. The van der Waals surface area contributed by atoms with Gasteiger partial charge in [0.1, 0.15) is 0 Å². The molecule has 1 atom stereocenters. The molecule has 0 amide bonds. The number of likely N-dealkylation sites (N-methyl/N-ethyl adjacent to an activating group) is 1. The van der Waals surface area contributed by atoms with Crippen LogP contribution >= 0.6 is 0 Å². The Bertz CT molecular complexity index is 562. The molecule has 120 valence electrons. The van der Waals surface area contributed by atoms with Crippen molar-refractivity contribution in [2.75, 3.05) is 25.5 Å². The lowest BCUT2D eigenvalue weighted by Crippen LogP contribution is -2.37. The highest BCUT2D eigenvalue weighted by atomic mass is 32.2. The summed E-state index contributed by atoms with van der Waals surface area (Å²) in [7, 11) is -2.11. The second-order valence-electron chi connectivity index (χ2n) is 5.42. The first-order valence-electron chi connectivity index (χ1n) is 7.19. The van der Waals surface area contributed by atoms with Gasteiger partial charge in [0, 0.05) is 25.3 Å². The lowest BCUT2D eigenvalue weighted by atomic mass is 10.1. The topological polar surface area (TPSA) is 69.6 Å². The van der Waals surface area contributed by atoms with E-state index < -0.39 is 16.1 Å². The number of aryl methyl sites for hydroxylation is 2. The predicted molar refractivity (Wildman–Crippen MR) is 86.2 cm³/mol. The Morgan fingerprint density at radius 2 is 1.81 bits per heavy atom. The smallest absolute Gasteiger partial charge is 0.243 e. The van der Waals surface area contributed by atoms with Crippen molar-refractivity contribution < 1.29 is 13.5 Å². The third-order valence-electron chi connectivity index (χ3n) is 3.56. The molecule has 1 rings (SSSR count). The van der Waals surface area contributed by atoms with Crippen LogP contribution < -0.4 is 5.32 Å². The Morgan fingerprint density at radius 1 is 1.29 bits per heavy atom. The van der Waals surface area contributed by atoms with Crippen molar-refractivity contribution in [3.05, 3.63) is 23.3 Å². The summed E-state index contributed by atoms with van der Waals surface area (Å²) >= 11 is 0. The van der Waals surface area contributed by atoms with E-state index in [0.29, 0.717) is 16.0 Å². The summed E-state index contributed by atoms with van der Waals surface area (Å²) < 4.78 is 26.6.